The molecule has 2 rings (SSSR count). The Labute approximate surface area is 116 Å². The Balaban J connectivity index is 1.93. The van der Waals surface area contributed by atoms with Crippen LogP contribution >= 0.6 is 0 Å². The molecule has 0 aromatic carbocycles. The molecule has 0 aliphatic rings. The number of aromatic nitrogens is 3. The molecule has 0 bridgehead atoms. The lowest BCUT2D eigenvalue weighted by atomic mass is 10.2. The molecule has 0 saturated carbocycles. The second kappa shape index (κ2) is 7.33. The van der Waals surface area contributed by atoms with Crippen molar-refractivity contribution in [2.45, 2.75) is 6.42 Å². The largest absolute Gasteiger partial charge is 0.382 e. The molecule has 20 heavy (non-hydrogen) atoms. The van der Waals surface area contributed by atoms with Gasteiger partial charge in [0.2, 0.25) is 0 Å². The summed E-state index contributed by atoms with van der Waals surface area (Å²) in [5.74, 6) is 0.934. The molecule has 0 atom stereocenters. The Kier molecular flexibility index (Phi) is 5.17. The highest BCUT2D eigenvalue weighted by molar-refractivity contribution is 5.53. The van der Waals surface area contributed by atoms with Gasteiger partial charge in [0.05, 0.1) is 19.8 Å². The standard InChI is InChI=1S/C13H14N4O3/c1-18-6-7-19-5-3-12-16-13(20-17-12)10-2-4-15-11(8-10)9-14/h2,4,8H,3,5-7H2,1H3. The molecule has 0 saturated heterocycles. The van der Waals surface area contributed by atoms with Crippen molar-refractivity contribution in [3.8, 4) is 17.5 Å². The molecule has 0 unspecified atom stereocenters. The third-order valence-electron chi connectivity index (χ3n) is 2.49. The summed E-state index contributed by atoms with van der Waals surface area (Å²) in [6, 6.07) is 5.28. The maximum atomic E-state index is 8.80. The number of pyridine rings is 1. The number of hydrogen-bond donors (Lipinski definition) is 0. The lowest BCUT2D eigenvalue weighted by Gasteiger charge is -2.00. The lowest BCUT2D eigenvalue weighted by molar-refractivity contribution is 0.0714. The first-order valence-corrected chi connectivity index (χ1v) is 6.09. The highest BCUT2D eigenvalue weighted by Gasteiger charge is 2.09. The van der Waals surface area contributed by atoms with Crippen LogP contribution in [0.3, 0.4) is 0 Å². The topological polar surface area (TPSA) is 94.1 Å². The van der Waals surface area contributed by atoms with Gasteiger partial charge in [0, 0.05) is 25.3 Å². The molecule has 7 heteroatoms. The number of methoxy groups -OCH3 is 1. The van der Waals surface area contributed by atoms with E-state index in [0.717, 1.165) is 0 Å². The van der Waals surface area contributed by atoms with Crippen LogP contribution in [0.2, 0.25) is 0 Å². The summed E-state index contributed by atoms with van der Waals surface area (Å²) in [5.41, 5.74) is 0.987. The minimum Gasteiger partial charge on any atom is -0.382 e. The minimum atomic E-state index is 0.310. The van der Waals surface area contributed by atoms with Gasteiger partial charge in [-0.25, -0.2) is 4.98 Å². The second-order valence-corrected chi connectivity index (χ2v) is 3.91. The maximum absolute atomic E-state index is 8.80. The third-order valence-corrected chi connectivity index (χ3v) is 2.49. The van der Waals surface area contributed by atoms with E-state index in [9.17, 15) is 0 Å². The fraction of sp³-hybridized carbons (Fsp3) is 0.385. The summed E-state index contributed by atoms with van der Waals surface area (Å²) in [6.45, 7) is 1.60. The zero-order chi connectivity index (χ0) is 14.2. The summed E-state index contributed by atoms with van der Waals surface area (Å²) >= 11 is 0. The average molecular weight is 274 g/mol. The highest BCUT2D eigenvalue weighted by atomic mass is 16.5. The van der Waals surface area contributed by atoms with Crippen LogP contribution in [-0.2, 0) is 15.9 Å². The Morgan fingerprint density at radius 2 is 2.25 bits per heavy atom. The van der Waals surface area contributed by atoms with Gasteiger partial charge in [0.15, 0.2) is 5.82 Å². The van der Waals surface area contributed by atoms with Crippen molar-refractivity contribution in [2.24, 2.45) is 0 Å². The van der Waals surface area contributed by atoms with E-state index in [4.69, 9.17) is 19.3 Å². The van der Waals surface area contributed by atoms with Gasteiger partial charge in [0.25, 0.3) is 5.89 Å². The van der Waals surface area contributed by atoms with E-state index in [1.165, 1.54) is 6.20 Å². The number of rotatable bonds is 7. The van der Waals surface area contributed by atoms with E-state index in [1.807, 2.05) is 6.07 Å². The molecule has 2 heterocycles. The predicted octanol–water partition coefficient (Wildman–Crippen LogP) is 1.21. The Morgan fingerprint density at radius 3 is 3.05 bits per heavy atom. The highest BCUT2D eigenvalue weighted by Crippen LogP contribution is 2.17. The SMILES string of the molecule is COCCOCCc1noc(-c2ccnc(C#N)c2)n1. The van der Waals surface area contributed by atoms with Crippen LogP contribution in [0.1, 0.15) is 11.5 Å². The summed E-state index contributed by atoms with van der Waals surface area (Å²) in [5, 5.41) is 12.7. The molecule has 0 amide bonds. The zero-order valence-corrected chi connectivity index (χ0v) is 11.1. The van der Waals surface area contributed by atoms with E-state index in [1.54, 1.807) is 19.2 Å². The van der Waals surface area contributed by atoms with Crippen LogP contribution < -0.4 is 0 Å². The number of nitrogens with zero attached hydrogens (tertiary/aromatic N) is 4. The van der Waals surface area contributed by atoms with Crippen LogP contribution in [0.4, 0.5) is 0 Å². The monoisotopic (exact) mass is 274 g/mol. The van der Waals surface area contributed by atoms with Gasteiger partial charge < -0.3 is 14.0 Å². The van der Waals surface area contributed by atoms with Gasteiger partial charge in [-0.1, -0.05) is 5.16 Å². The first-order chi connectivity index (χ1) is 9.83. The zero-order valence-electron chi connectivity index (χ0n) is 11.1. The van der Waals surface area contributed by atoms with Crippen LogP contribution in [-0.4, -0.2) is 42.1 Å². The van der Waals surface area contributed by atoms with Crippen molar-refractivity contribution < 1.29 is 14.0 Å². The average Bonchev–Trinajstić information content (AvgIpc) is 2.96. The molecule has 0 spiro atoms. The molecular formula is C13H14N4O3. The Bertz CT molecular complexity index is 591. The van der Waals surface area contributed by atoms with Crippen LogP contribution in [0.5, 0.6) is 0 Å². The van der Waals surface area contributed by atoms with Gasteiger partial charge in [0.1, 0.15) is 11.8 Å². The number of nitriles is 1. The third kappa shape index (κ3) is 3.85. The van der Waals surface area contributed by atoms with Crippen molar-refractivity contribution in [1.82, 2.24) is 15.1 Å². The van der Waals surface area contributed by atoms with E-state index in [2.05, 4.69) is 15.1 Å². The van der Waals surface area contributed by atoms with Crippen molar-refractivity contribution in [3.05, 3.63) is 29.8 Å². The fourth-order valence-corrected chi connectivity index (χ4v) is 1.51. The van der Waals surface area contributed by atoms with E-state index >= 15 is 0 Å². The van der Waals surface area contributed by atoms with Gasteiger partial charge in [-0.15, -0.1) is 0 Å². The second-order valence-electron chi connectivity index (χ2n) is 3.91. The van der Waals surface area contributed by atoms with E-state index in [-0.39, 0.29) is 0 Å². The molecule has 7 nitrogen and oxygen atoms in total. The van der Waals surface area contributed by atoms with Crippen molar-refractivity contribution in [2.75, 3.05) is 26.9 Å². The van der Waals surface area contributed by atoms with Crippen molar-refractivity contribution >= 4 is 0 Å². The fourth-order valence-electron chi connectivity index (χ4n) is 1.51. The summed E-state index contributed by atoms with van der Waals surface area (Å²) in [7, 11) is 1.62. The molecule has 104 valence electrons. The van der Waals surface area contributed by atoms with Crippen molar-refractivity contribution in [3.63, 3.8) is 0 Å². The van der Waals surface area contributed by atoms with E-state index in [0.29, 0.717) is 49.2 Å². The molecule has 0 aliphatic heterocycles. The van der Waals surface area contributed by atoms with E-state index < -0.39 is 0 Å². The summed E-state index contributed by atoms with van der Waals surface area (Å²) in [6.07, 6.45) is 2.09. The predicted molar refractivity (Wildman–Crippen MR) is 68.6 cm³/mol. The first-order valence-electron chi connectivity index (χ1n) is 6.09. The number of hydrogen-bond acceptors (Lipinski definition) is 7. The minimum absolute atomic E-state index is 0.310. The molecule has 0 radical (unpaired) electrons. The summed E-state index contributed by atoms with van der Waals surface area (Å²) in [4.78, 5) is 8.13. The van der Waals surface area contributed by atoms with Gasteiger partial charge in [-0.3, -0.25) is 0 Å². The molecule has 0 N–H and O–H groups in total. The lowest BCUT2D eigenvalue weighted by Crippen LogP contribution is -2.05. The summed E-state index contributed by atoms with van der Waals surface area (Å²) < 4.78 is 15.4. The molecule has 2 aromatic heterocycles. The maximum Gasteiger partial charge on any atom is 0.258 e. The quantitative estimate of drug-likeness (QED) is 0.700. The molecular weight excluding hydrogens is 260 g/mol. The number of ether oxygens (including phenoxy) is 2. The van der Waals surface area contributed by atoms with Crippen LogP contribution in [0.25, 0.3) is 11.5 Å². The molecule has 0 fully saturated rings. The van der Waals surface area contributed by atoms with Crippen molar-refractivity contribution in [1.29, 1.82) is 5.26 Å². The van der Waals surface area contributed by atoms with Gasteiger partial charge in [-0.05, 0) is 12.1 Å². The smallest absolute Gasteiger partial charge is 0.258 e. The van der Waals surface area contributed by atoms with Crippen LogP contribution in [0, 0.1) is 11.3 Å². The Hall–Kier alpha value is -2.30. The van der Waals surface area contributed by atoms with Gasteiger partial charge >= 0.3 is 0 Å². The van der Waals surface area contributed by atoms with Gasteiger partial charge in [-0.2, -0.15) is 10.2 Å². The van der Waals surface area contributed by atoms with Crippen LogP contribution in [0.15, 0.2) is 22.9 Å². The molecule has 0 aliphatic carbocycles. The molecule has 2 aromatic rings. The normalized spacial score (nSPS) is 10.4. The first kappa shape index (κ1) is 14.1. The Morgan fingerprint density at radius 1 is 1.35 bits per heavy atom.